The molecule has 2 aromatic rings. The second kappa shape index (κ2) is 8.21. The largest absolute Gasteiger partial charge is 0.495 e. The number of carbonyl (C=O) groups excluding carboxylic acids is 1. The van der Waals surface area contributed by atoms with Gasteiger partial charge in [-0.3, -0.25) is 9.69 Å². The molecule has 0 radical (unpaired) electrons. The number of nitrogens with zero attached hydrogens (tertiary/aromatic N) is 1. The highest BCUT2D eigenvalue weighted by molar-refractivity contribution is 8.24. The van der Waals surface area contributed by atoms with Gasteiger partial charge in [0, 0.05) is 6.54 Å². The molecule has 130 valence electrons. The minimum atomic E-state index is -0.187. The first-order chi connectivity index (χ1) is 12.1. The quantitative estimate of drug-likeness (QED) is 0.684. The van der Waals surface area contributed by atoms with Crippen molar-refractivity contribution in [2.75, 3.05) is 13.7 Å². The fraction of sp³-hybridized carbons (Fsp3) is 0.263. The summed E-state index contributed by atoms with van der Waals surface area (Å²) in [6.45, 7) is 0.620. The van der Waals surface area contributed by atoms with Gasteiger partial charge in [0.15, 0.2) is 0 Å². The van der Waals surface area contributed by atoms with E-state index < -0.39 is 0 Å². The van der Waals surface area contributed by atoms with E-state index >= 15 is 0 Å². The predicted molar refractivity (Wildman–Crippen MR) is 108 cm³/mol. The fourth-order valence-electron chi connectivity index (χ4n) is 2.77. The van der Waals surface area contributed by atoms with Crippen molar-refractivity contribution >= 4 is 45.8 Å². The van der Waals surface area contributed by atoms with Gasteiger partial charge in [-0.1, -0.05) is 72.0 Å². The molecule has 0 aliphatic carbocycles. The number of amides is 1. The molecule has 1 aliphatic rings. The Bertz CT molecular complexity index is 782. The third-order valence-electron chi connectivity index (χ3n) is 4.11. The molecule has 1 atom stereocenters. The smallest absolute Gasteiger partial charge is 0.241 e. The van der Waals surface area contributed by atoms with E-state index in [0.29, 0.717) is 28.1 Å². The van der Waals surface area contributed by atoms with Crippen molar-refractivity contribution in [1.29, 1.82) is 0 Å². The molecular weight excluding hydrogens is 374 g/mol. The summed E-state index contributed by atoms with van der Waals surface area (Å²) in [4.78, 5) is 14.4. The van der Waals surface area contributed by atoms with Crippen molar-refractivity contribution in [2.24, 2.45) is 0 Å². The first-order valence-corrected chi connectivity index (χ1v) is 9.63. The van der Waals surface area contributed by atoms with Crippen molar-refractivity contribution in [1.82, 2.24) is 4.90 Å². The van der Waals surface area contributed by atoms with E-state index in [0.717, 1.165) is 12.0 Å². The van der Waals surface area contributed by atoms with E-state index in [9.17, 15) is 4.79 Å². The van der Waals surface area contributed by atoms with Gasteiger partial charge in [0.2, 0.25) is 5.91 Å². The summed E-state index contributed by atoms with van der Waals surface area (Å²) in [6.07, 6.45) is 1.41. The molecule has 6 heteroatoms. The van der Waals surface area contributed by atoms with Gasteiger partial charge in [0.1, 0.15) is 10.1 Å². The van der Waals surface area contributed by atoms with Gasteiger partial charge in [-0.2, -0.15) is 0 Å². The third-order valence-corrected chi connectivity index (χ3v) is 5.99. The Balaban J connectivity index is 1.63. The van der Waals surface area contributed by atoms with Gasteiger partial charge in [-0.05, 0) is 36.1 Å². The SMILES string of the molecule is COc1ccc(C[C@@H]2SC(=S)N(CCc3ccccc3)C2=O)cc1Cl. The molecule has 25 heavy (non-hydrogen) atoms. The van der Waals surface area contributed by atoms with Crippen LogP contribution in [-0.4, -0.2) is 34.0 Å². The summed E-state index contributed by atoms with van der Waals surface area (Å²) >= 11 is 13.0. The highest BCUT2D eigenvalue weighted by Gasteiger charge is 2.36. The van der Waals surface area contributed by atoms with Gasteiger partial charge in [0.05, 0.1) is 17.4 Å². The topological polar surface area (TPSA) is 29.5 Å². The summed E-state index contributed by atoms with van der Waals surface area (Å²) in [5.41, 5.74) is 2.21. The molecule has 0 saturated carbocycles. The van der Waals surface area contributed by atoms with Crippen molar-refractivity contribution in [3.8, 4) is 5.75 Å². The fourth-order valence-corrected chi connectivity index (χ4v) is 4.63. The lowest BCUT2D eigenvalue weighted by Gasteiger charge is -2.15. The lowest BCUT2D eigenvalue weighted by molar-refractivity contribution is -0.126. The normalized spacial score (nSPS) is 17.2. The molecule has 0 unspecified atom stereocenters. The number of methoxy groups -OCH3 is 1. The summed E-state index contributed by atoms with van der Waals surface area (Å²) in [6, 6.07) is 15.7. The summed E-state index contributed by atoms with van der Waals surface area (Å²) in [5.74, 6) is 0.716. The van der Waals surface area contributed by atoms with Crippen molar-refractivity contribution in [3.63, 3.8) is 0 Å². The number of benzene rings is 2. The maximum Gasteiger partial charge on any atom is 0.241 e. The Kier molecular flexibility index (Phi) is 5.99. The zero-order valence-corrected chi connectivity index (χ0v) is 16.2. The molecule has 1 saturated heterocycles. The Morgan fingerprint density at radius 1 is 1.20 bits per heavy atom. The van der Waals surface area contributed by atoms with Crippen LogP contribution in [-0.2, 0) is 17.6 Å². The lowest BCUT2D eigenvalue weighted by atomic mass is 10.1. The number of ether oxygens (including phenoxy) is 1. The Hall–Kier alpha value is -1.56. The molecule has 0 spiro atoms. The van der Waals surface area contributed by atoms with Crippen LogP contribution in [0.2, 0.25) is 5.02 Å². The average molecular weight is 392 g/mol. The van der Waals surface area contributed by atoms with Gasteiger partial charge >= 0.3 is 0 Å². The molecule has 2 aromatic carbocycles. The lowest BCUT2D eigenvalue weighted by Crippen LogP contribution is -2.33. The number of halogens is 1. The summed E-state index contributed by atoms with van der Waals surface area (Å²) in [5, 5.41) is 0.367. The first kappa shape index (κ1) is 18.2. The monoisotopic (exact) mass is 391 g/mol. The summed E-state index contributed by atoms with van der Waals surface area (Å²) < 4.78 is 5.82. The van der Waals surface area contributed by atoms with Crippen LogP contribution in [0.25, 0.3) is 0 Å². The van der Waals surface area contributed by atoms with Gasteiger partial charge in [0.25, 0.3) is 0 Å². The second-order valence-corrected chi connectivity index (χ2v) is 8.01. The van der Waals surface area contributed by atoms with Crippen LogP contribution in [0, 0.1) is 0 Å². The van der Waals surface area contributed by atoms with E-state index in [4.69, 9.17) is 28.6 Å². The molecule has 1 heterocycles. The van der Waals surface area contributed by atoms with Crippen LogP contribution in [0.15, 0.2) is 48.5 Å². The minimum Gasteiger partial charge on any atom is -0.495 e. The highest BCUT2D eigenvalue weighted by atomic mass is 35.5. The van der Waals surface area contributed by atoms with Crippen molar-refractivity contribution < 1.29 is 9.53 Å². The molecule has 0 aromatic heterocycles. The Morgan fingerprint density at radius 3 is 2.64 bits per heavy atom. The Labute approximate surface area is 162 Å². The molecule has 1 fully saturated rings. The molecule has 1 aliphatic heterocycles. The third kappa shape index (κ3) is 4.35. The van der Waals surface area contributed by atoms with E-state index in [1.165, 1.54) is 17.3 Å². The van der Waals surface area contributed by atoms with Crippen molar-refractivity contribution in [3.05, 3.63) is 64.7 Å². The average Bonchev–Trinajstić information content (AvgIpc) is 2.87. The number of thiocarbonyl (C=S) groups is 1. The van der Waals surface area contributed by atoms with Crippen LogP contribution >= 0.6 is 35.6 Å². The zero-order valence-electron chi connectivity index (χ0n) is 13.8. The maximum atomic E-state index is 12.7. The van der Waals surface area contributed by atoms with Crippen molar-refractivity contribution in [2.45, 2.75) is 18.1 Å². The number of hydrogen-bond donors (Lipinski definition) is 0. The number of carbonyl (C=O) groups is 1. The van der Waals surface area contributed by atoms with Gasteiger partial charge < -0.3 is 4.74 Å². The Morgan fingerprint density at radius 2 is 1.96 bits per heavy atom. The molecule has 3 rings (SSSR count). The number of hydrogen-bond acceptors (Lipinski definition) is 4. The van der Waals surface area contributed by atoms with Gasteiger partial charge in [-0.15, -0.1) is 0 Å². The molecule has 0 bridgehead atoms. The predicted octanol–water partition coefficient (Wildman–Crippen LogP) is 4.36. The second-order valence-electron chi connectivity index (χ2n) is 5.77. The molecular formula is C19H18ClNO2S2. The zero-order chi connectivity index (χ0) is 17.8. The summed E-state index contributed by atoms with van der Waals surface area (Å²) in [7, 11) is 1.58. The molecule has 1 amide bonds. The highest BCUT2D eigenvalue weighted by Crippen LogP contribution is 2.32. The maximum absolute atomic E-state index is 12.7. The standard InChI is InChI=1S/C19H18ClNO2S2/c1-23-16-8-7-14(11-15(16)20)12-17-18(22)21(19(24)25-17)10-9-13-5-3-2-4-6-13/h2-8,11,17H,9-10,12H2,1H3/t17-/m0/s1. The molecule has 0 N–H and O–H groups in total. The van der Waals surface area contributed by atoms with Crippen LogP contribution in [0.3, 0.4) is 0 Å². The van der Waals surface area contributed by atoms with Crippen LogP contribution in [0.5, 0.6) is 5.75 Å². The van der Waals surface area contributed by atoms with E-state index in [2.05, 4.69) is 12.1 Å². The first-order valence-electron chi connectivity index (χ1n) is 7.97. The number of rotatable bonds is 6. The van der Waals surface area contributed by atoms with Crippen LogP contribution in [0.1, 0.15) is 11.1 Å². The van der Waals surface area contributed by atoms with Gasteiger partial charge in [-0.25, -0.2) is 0 Å². The van der Waals surface area contributed by atoms with Crippen LogP contribution in [0.4, 0.5) is 0 Å². The van der Waals surface area contributed by atoms with E-state index in [1.54, 1.807) is 12.0 Å². The van der Waals surface area contributed by atoms with Crippen LogP contribution < -0.4 is 4.74 Å². The van der Waals surface area contributed by atoms with E-state index in [-0.39, 0.29) is 11.2 Å². The molecule has 3 nitrogen and oxygen atoms in total. The minimum absolute atomic E-state index is 0.0814. The number of thioether (sulfide) groups is 1. The van der Waals surface area contributed by atoms with E-state index in [1.807, 2.05) is 36.4 Å².